The molecule has 0 aromatic carbocycles. The molecule has 1 saturated heterocycles. The standard InChI is InChI=1S/C24H32O8/c1-11-14-7-8-16(27)23(6)15(9-17(28)24(20(11)29)21(14)32-24)22(4,5)18(30-12(2)25)10-19(23)31-13(3)26/h14-15,17-19,21,28H,1,7-10H2,2-6H3/t14-,15+,17+,18-,19-,21?,23+,24?/m0/s1. The minimum absolute atomic E-state index is 0.0625. The summed E-state index contributed by atoms with van der Waals surface area (Å²) in [4.78, 5) is 50.5. The van der Waals surface area contributed by atoms with Gasteiger partial charge >= 0.3 is 11.9 Å². The number of ketones is 2. The lowest BCUT2D eigenvalue weighted by Crippen LogP contribution is -2.62. The molecule has 0 radical (unpaired) electrons. The molecule has 1 N–H and O–H groups in total. The highest BCUT2D eigenvalue weighted by Gasteiger charge is 2.76. The number of esters is 2. The molecule has 1 heterocycles. The van der Waals surface area contributed by atoms with Crippen LogP contribution in [0, 0.1) is 22.7 Å². The second-order valence-electron chi connectivity index (χ2n) is 10.6. The van der Waals surface area contributed by atoms with Crippen LogP contribution >= 0.6 is 0 Å². The predicted molar refractivity (Wildman–Crippen MR) is 111 cm³/mol. The first-order valence-electron chi connectivity index (χ1n) is 11.2. The molecule has 176 valence electrons. The summed E-state index contributed by atoms with van der Waals surface area (Å²) >= 11 is 0. The Morgan fingerprint density at radius 3 is 2.25 bits per heavy atom. The van der Waals surface area contributed by atoms with Crippen molar-refractivity contribution in [3.63, 3.8) is 0 Å². The molecule has 8 atom stereocenters. The van der Waals surface area contributed by atoms with Crippen molar-refractivity contribution >= 4 is 23.5 Å². The number of fused-ring (bicyclic) bond motifs is 1. The van der Waals surface area contributed by atoms with Crippen molar-refractivity contribution < 1.29 is 38.5 Å². The highest BCUT2D eigenvalue weighted by Crippen LogP contribution is 2.62. The van der Waals surface area contributed by atoms with Gasteiger partial charge in [0.25, 0.3) is 0 Å². The lowest BCUT2D eigenvalue weighted by atomic mass is 9.50. The zero-order valence-corrected chi connectivity index (χ0v) is 19.3. The normalized spacial score (nSPS) is 44.9. The van der Waals surface area contributed by atoms with Gasteiger partial charge in [-0.05, 0) is 31.3 Å². The summed E-state index contributed by atoms with van der Waals surface area (Å²) in [6.07, 6.45) is -2.30. The predicted octanol–water partition coefficient (Wildman–Crippen LogP) is 1.91. The third-order valence-corrected chi connectivity index (χ3v) is 8.55. The van der Waals surface area contributed by atoms with Gasteiger partial charge in [0, 0.05) is 38.0 Å². The van der Waals surface area contributed by atoms with Crippen molar-refractivity contribution in [1.82, 2.24) is 0 Å². The molecular formula is C24H32O8. The van der Waals surface area contributed by atoms with E-state index in [1.807, 2.05) is 13.8 Å². The van der Waals surface area contributed by atoms with Gasteiger partial charge in [-0.1, -0.05) is 20.4 Å². The summed E-state index contributed by atoms with van der Waals surface area (Å²) in [5, 5.41) is 11.3. The molecule has 0 aromatic rings. The molecule has 3 aliphatic carbocycles. The van der Waals surface area contributed by atoms with E-state index < -0.39 is 58.7 Å². The van der Waals surface area contributed by atoms with E-state index in [-0.39, 0.29) is 36.7 Å². The third kappa shape index (κ3) is 3.02. The van der Waals surface area contributed by atoms with E-state index in [1.165, 1.54) is 13.8 Å². The molecule has 0 aromatic heterocycles. The number of epoxide rings is 1. The van der Waals surface area contributed by atoms with Crippen molar-refractivity contribution in [2.24, 2.45) is 22.7 Å². The Kier molecular flexibility index (Phi) is 5.21. The second-order valence-corrected chi connectivity index (χ2v) is 10.6. The van der Waals surface area contributed by atoms with Gasteiger partial charge in [-0.3, -0.25) is 19.2 Å². The molecule has 4 rings (SSSR count). The van der Waals surface area contributed by atoms with Crippen LogP contribution in [-0.4, -0.2) is 58.6 Å². The van der Waals surface area contributed by atoms with Gasteiger partial charge in [0.05, 0.1) is 11.5 Å². The molecule has 2 unspecified atom stereocenters. The van der Waals surface area contributed by atoms with Crippen molar-refractivity contribution in [3.05, 3.63) is 12.2 Å². The first-order valence-corrected chi connectivity index (χ1v) is 11.2. The Hall–Kier alpha value is -2.06. The van der Waals surface area contributed by atoms with Crippen molar-refractivity contribution in [1.29, 1.82) is 0 Å². The lowest BCUT2D eigenvalue weighted by molar-refractivity contribution is -0.205. The molecule has 0 amide bonds. The zero-order valence-electron chi connectivity index (χ0n) is 19.3. The maximum Gasteiger partial charge on any atom is 0.302 e. The average molecular weight is 449 g/mol. The van der Waals surface area contributed by atoms with E-state index in [2.05, 4.69) is 6.58 Å². The quantitative estimate of drug-likeness (QED) is 0.386. The molecule has 2 bridgehead atoms. The SMILES string of the molecule is C=C1C(=O)C23OC2[C@H]1CCC(=O)[C@]1(C)[C@@H](OC(C)=O)C[C@H](OC(C)=O)C(C)(C)[C@H]1C[C@H]3O. The monoisotopic (exact) mass is 448 g/mol. The summed E-state index contributed by atoms with van der Waals surface area (Å²) in [5.41, 5.74) is -2.79. The van der Waals surface area contributed by atoms with Gasteiger partial charge < -0.3 is 19.3 Å². The molecule has 4 fully saturated rings. The van der Waals surface area contributed by atoms with Gasteiger partial charge in [0.1, 0.15) is 24.1 Å². The fraction of sp³-hybridized carbons (Fsp3) is 0.750. The maximum atomic E-state index is 13.7. The van der Waals surface area contributed by atoms with Crippen molar-refractivity contribution in [3.8, 4) is 0 Å². The summed E-state index contributed by atoms with van der Waals surface area (Å²) < 4.78 is 17.0. The number of Topliss-reactive ketones (excluding diaryl/α,β-unsaturated/α-hetero) is 2. The van der Waals surface area contributed by atoms with Gasteiger partial charge in [-0.25, -0.2) is 0 Å². The summed E-state index contributed by atoms with van der Waals surface area (Å²) in [6, 6.07) is 0. The Morgan fingerprint density at radius 2 is 1.66 bits per heavy atom. The van der Waals surface area contributed by atoms with Crippen LogP contribution in [0.1, 0.15) is 60.3 Å². The molecule has 3 saturated carbocycles. The van der Waals surface area contributed by atoms with E-state index in [1.54, 1.807) is 6.92 Å². The van der Waals surface area contributed by atoms with Gasteiger partial charge in [0.2, 0.25) is 0 Å². The number of aliphatic hydroxyl groups excluding tert-OH is 1. The number of carbonyl (C=O) groups excluding carboxylic acids is 4. The highest BCUT2D eigenvalue weighted by molar-refractivity contribution is 6.08. The fourth-order valence-corrected chi connectivity index (χ4v) is 6.70. The van der Waals surface area contributed by atoms with E-state index in [0.717, 1.165) is 0 Å². The summed E-state index contributed by atoms with van der Waals surface area (Å²) in [6.45, 7) is 12.1. The molecule has 1 aliphatic heterocycles. The van der Waals surface area contributed by atoms with Crippen LogP contribution in [-0.2, 0) is 33.4 Å². The summed E-state index contributed by atoms with van der Waals surface area (Å²) in [7, 11) is 0. The van der Waals surface area contributed by atoms with Crippen LogP contribution < -0.4 is 0 Å². The number of carbonyl (C=O) groups is 4. The maximum absolute atomic E-state index is 13.7. The smallest absolute Gasteiger partial charge is 0.302 e. The molecule has 0 spiro atoms. The topological polar surface area (TPSA) is 120 Å². The van der Waals surface area contributed by atoms with E-state index in [0.29, 0.717) is 12.0 Å². The number of aliphatic hydroxyl groups is 1. The van der Waals surface area contributed by atoms with E-state index in [4.69, 9.17) is 14.2 Å². The third-order valence-electron chi connectivity index (χ3n) is 8.55. The lowest BCUT2D eigenvalue weighted by Gasteiger charge is -2.56. The second kappa shape index (κ2) is 7.22. The number of rotatable bonds is 2. The highest BCUT2D eigenvalue weighted by atomic mass is 16.6. The largest absolute Gasteiger partial charge is 0.462 e. The molecule has 8 heteroatoms. The number of hydrogen-bond acceptors (Lipinski definition) is 8. The van der Waals surface area contributed by atoms with Gasteiger partial charge in [0.15, 0.2) is 11.4 Å². The average Bonchev–Trinajstić information content (AvgIpc) is 3.39. The number of ether oxygens (including phenoxy) is 3. The fourth-order valence-electron chi connectivity index (χ4n) is 6.70. The van der Waals surface area contributed by atoms with Crippen molar-refractivity contribution in [2.45, 2.75) is 90.3 Å². The van der Waals surface area contributed by atoms with Gasteiger partial charge in [-0.2, -0.15) is 0 Å². The molecule has 32 heavy (non-hydrogen) atoms. The van der Waals surface area contributed by atoms with Crippen molar-refractivity contribution in [2.75, 3.05) is 0 Å². The van der Waals surface area contributed by atoms with Crippen LogP contribution in [0.4, 0.5) is 0 Å². The van der Waals surface area contributed by atoms with E-state index in [9.17, 15) is 24.3 Å². The number of hydrogen-bond donors (Lipinski definition) is 1. The molecular weight excluding hydrogens is 416 g/mol. The van der Waals surface area contributed by atoms with Crippen LogP contribution in [0.5, 0.6) is 0 Å². The van der Waals surface area contributed by atoms with Crippen LogP contribution in [0.3, 0.4) is 0 Å². The Labute approximate surface area is 187 Å². The Balaban J connectivity index is 1.82. The van der Waals surface area contributed by atoms with Crippen LogP contribution in [0.2, 0.25) is 0 Å². The zero-order chi connectivity index (χ0) is 23.8. The molecule has 8 nitrogen and oxygen atoms in total. The first kappa shape index (κ1) is 23.1. The van der Waals surface area contributed by atoms with Crippen LogP contribution in [0.25, 0.3) is 0 Å². The Morgan fingerprint density at radius 1 is 1.06 bits per heavy atom. The Bertz CT molecular complexity index is 906. The summed E-state index contributed by atoms with van der Waals surface area (Å²) in [5.74, 6) is -2.26. The first-order chi connectivity index (χ1) is 14.8. The van der Waals surface area contributed by atoms with Gasteiger partial charge in [-0.15, -0.1) is 0 Å². The minimum Gasteiger partial charge on any atom is -0.462 e. The minimum atomic E-state index is -1.32. The van der Waals surface area contributed by atoms with E-state index >= 15 is 0 Å². The van der Waals surface area contributed by atoms with Crippen LogP contribution in [0.15, 0.2) is 12.2 Å². The molecule has 4 aliphatic rings.